The van der Waals surface area contributed by atoms with Crippen LogP contribution in [0.1, 0.15) is 18.1 Å². The average Bonchev–Trinajstić information content (AvgIpc) is 2.07. The molecule has 3 nitrogen and oxygen atoms in total. The van der Waals surface area contributed by atoms with Gasteiger partial charge in [-0.2, -0.15) is 0 Å². The first-order valence-electron chi connectivity index (χ1n) is 3.36. The average molecular weight is 151 g/mol. The zero-order valence-electron chi connectivity index (χ0n) is 5.97. The first-order chi connectivity index (χ1) is 5.34. The molecule has 1 rings (SSSR count). The molecule has 1 heterocycles. The van der Waals surface area contributed by atoms with Crippen LogP contribution in [0.5, 0.6) is 0 Å². The van der Waals surface area contributed by atoms with Crippen LogP contribution in [-0.2, 0) is 4.79 Å². The number of carbonyl (C=O) groups is 1. The zero-order valence-corrected chi connectivity index (χ0v) is 5.97. The van der Waals surface area contributed by atoms with Gasteiger partial charge in [0, 0.05) is 18.8 Å². The Morgan fingerprint density at radius 1 is 1.55 bits per heavy atom. The maximum atomic E-state index is 10.0. The van der Waals surface area contributed by atoms with Gasteiger partial charge in [-0.3, -0.25) is 4.98 Å². The van der Waals surface area contributed by atoms with E-state index in [0.717, 1.165) is 5.56 Å². The van der Waals surface area contributed by atoms with Crippen LogP contribution in [0.4, 0.5) is 0 Å². The van der Waals surface area contributed by atoms with Crippen LogP contribution in [0.2, 0.25) is 0 Å². The molecule has 1 atom stereocenters. The maximum absolute atomic E-state index is 10.0. The number of hydrogen-bond donors (Lipinski definition) is 1. The Labute approximate surface area is 64.7 Å². The van der Waals surface area contributed by atoms with E-state index in [0.29, 0.717) is 6.29 Å². The van der Waals surface area contributed by atoms with Crippen LogP contribution in [0.15, 0.2) is 24.5 Å². The monoisotopic (exact) mass is 151 g/mol. The molecule has 1 N–H and O–H groups in total. The molecule has 0 spiro atoms. The van der Waals surface area contributed by atoms with E-state index in [2.05, 4.69) is 4.98 Å². The molecule has 0 aromatic carbocycles. The summed E-state index contributed by atoms with van der Waals surface area (Å²) in [5.41, 5.74) is 0.729. The van der Waals surface area contributed by atoms with Crippen LogP contribution in [0, 0.1) is 0 Å². The van der Waals surface area contributed by atoms with Gasteiger partial charge < -0.3 is 9.90 Å². The molecule has 58 valence electrons. The summed E-state index contributed by atoms with van der Waals surface area (Å²) in [5.74, 6) is 0. The lowest BCUT2D eigenvalue weighted by molar-refractivity contribution is -0.109. The number of aldehydes is 1. The van der Waals surface area contributed by atoms with E-state index in [-0.39, 0.29) is 6.42 Å². The zero-order chi connectivity index (χ0) is 8.10. The first-order valence-corrected chi connectivity index (χ1v) is 3.36. The largest absolute Gasteiger partial charge is 0.388 e. The number of pyridine rings is 1. The molecular formula is C8H9NO2. The Hall–Kier alpha value is -1.22. The second-order valence-electron chi connectivity index (χ2n) is 2.20. The normalized spacial score (nSPS) is 12.5. The van der Waals surface area contributed by atoms with Crippen LogP contribution in [0.3, 0.4) is 0 Å². The van der Waals surface area contributed by atoms with Gasteiger partial charge in [-0.05, 0) is 17.7 Å². The smallest absolute Gasteiger partial charge is 0.122 e. The fraction of sp³-hybridized carbons (Fsp3) is 0.250. The lowest BCUT2D eigenvalue weighted by Crippen LogP contribution is -1.97. The summed E-state index contributed by atoms with van der Waals surface area (Å²) in [4.78, 5) is 13.8. The predicted octanol–water partition coefficient (Wildman–Crippen LogP) is 0.704. The van der Waals surface area contributed by atoms with Crippen molar-refractivity contribution in [1.29, 1.82) is 0 Å². The van der Waals surface area contributed by atoms with Gasteiger partial charge in [-0.25, -0.2) is 0 Å². The van der Waals surface area contributed by atoms with Crippen molar-refractivity contribution in [2.24, 2.45) is 0 Å². The molecule has 0 aliphatic carbocycles. The van der Waals surface area contributed by atoms with Gasteiger partial charge in [-0.1, -0.05) is 0 Å². The molecule has 0 amide bonds. The standard InChI is InChI=1S/C8H9NO2/c10-6-3-8(11)7-1-4-9-5-2-7/h1-2,4-6,8,11H,3H2. The molecule has 11 heavy (non-hydrogen) atoms. The fourth-order valence-corrected chi connectivity index (χ4v) is 0.813. The Bertz CT molecular complexity index is 223. The minimum absolute atomic E-state index is 0.143. The van der Waals surface area contributed by atoms with Crippen molar-refractivity contribution in [2.45, 2.75) is 12.5 Å². The van der Waals surface area contributed by atoms with E-state index in [1.54, 1.807) is 24.5 Å². The van der Waals surface area contributed by atoms with Crippen molar-refractivity contribution in [3.8, 4) is 0 Å². The van der Waals surface area contributed by atoms with Crippen LogP contribution in [-0.4, -0.2) is 16.4 Å². The topological polar surface area (TPSA) is 50.2 Å². The molecule has 0 saturated carbocycles. The number of rotatable bonds is 3. The molecule has 0 bridgehead atoms. The van der Waals surface area contributed by atoms with Gasteiger partial charge in [0.2, 0.25) is 0 Å². The molecule has 1 unspecified atom stereocenters. The van der Waals surface area contributed by atoms with Gasteiger partial charge in [-0.15, -0.1) is 0 Å². The summed E-state index contributed by atoms with van der Waals surface area (Å²) in [6.07, 6.45) is 3.33. The van der Waals surface area contributed by atoms with E-state index in [1.807, 2.05) is 0 Å². The molecule has 3 heteroatoms. The van der Waals surface area contributed by atoms with Crippen LogP contribution in [0.25, 0.3) is 0 Å². The SMILES string of the molecule is O=CCC(O)c1ccncc1. The van der Waals surface area contributed by atoms with E-state index < -0.39 is 6.10 Å². The Morgan fingerprint density at radius 2 is 2.18 bits per heavy atom. The van der Waals surface area contributed by atoms with Gasteiger partial charge in [0.25, 0.3) is 0 Å². The quantitative estimate of drug-likeness (QED) is 0.647. The Balaban J connectivity index is 2.68. The third-order valence-electron chi connectivity index (χ3n) is 1.41. The number of hydrogen-bond acceptors (Lipinski definition) is 3. The molecule has 0 saturated heterocycles. The van der Waals surface area contributed by atoms with Gasteiger partial charge in [0.1, 0.15) is 6.29 Å². The summed E-state index contributed by atoms with van der Waals surface area (Å²) in [6.45, 7) is 0. The van der Waals surface area contributed by atoms with Crippen LogP contribution < -0.4 is 0 Å². The molecule has 1 aromatic heterocycles. The van der Waals surface area contributed by atoms with Gasteiger partial charge in [0.05, 0.1) is 6.10 Å². The van der Waals surface area contributed by atoms with Crippen molar-refractivity contribution in [3.63, 3.8) is 0 Å². The molecule has 0 aliphatic rings. The van der Waals surface area contributed by atoms with Gasteiger partial charge >= 0.3 is 0 Å². The lowest BCUT2D eigenvalue weighted by atomic mass is 10.1. The first kappa shape index (κ1) is 7.88. The third kappa shape index (κ3) is 2.13. The van der Waals surface area contributed by atoms with Gasteiger partial charge in [0.15, 0.2) is 0 Å². The minimum atomic E-state index is -0.685. The number of aliphatic hydroxyl groups excluding tert-OH is 1. The minimum Gasteiger partial charge on any atom is -0.388 e. The second kappa shape index (κ2) is 3.83. The number of aliphatic hydroxyl groups is 1. The molecule has 1 aromatic rings. The Morgan fingerprint density at radius 3 is 2.73 bits per heavy atom. The highest BCUT2D eigenvalue weighted by molar-refractivity contribution is 5.50. The highest BCUT2D eigenvalue weighted by Crippen LogP contribution is 2.12. The van der Waals surface area contributed by atoms with E-state index in [1.165, 1.54) is 0 Å². The van der Waals surface area contributed by atoms with Crippen molar-refractivity contribution in [1.82, 2.24) is 4.98 Å². The van der Waals surface area contributed by atoms with E-state index >= 15 is 0 Å². The van der Waals surface area contributed by atoms with Crippen molar-refractivity contribution in [2.75, 3.05) is 0 Å². The molecule has 0 fully saturated rings. The fourth-order valence-electron chi connectivity index (χ4n) is 0.813. The maximum Gasteiger partial charge on any atom is 0.122 e. The number of nitrogens with zero attached hydrogens (tertiary/aromatic N) is 1. The second-order valence-corrected chi connectivity index (χ2v) is 2.20. The summed E-state index contributed by atoms with van der Waals surface area (Å²) in [6, 6.07) is 3.38. The Kier molecular flexibility index (Phi) is 2.74. The van der Waals surface area contributed by atoms with Crippen molar-refractivity contribution >= 4 is 6.29 Å². The number of carbonyl (C=O) groups excluding carboxylic acids is 1. The molecule has 0 aliphatic heterocycles. The predicted molar refractivity (Wildman–Crippen MR) is 39.9 cm³/mol. The van der Waals surface area contributed by atoms with Crippen molar-refractivity contribution < 1.29 is 9.90 Å². The highest BCUT2D eigenvalue weighted by Gasteiger charge is 2.04. The molecule has 0 radical (unpaired) electrons. The highest BCUT2D eigenvalue weighted by atomic mass is 16.3. The van der Waals surface area contributed by atoms with E-state index in [4.69, 9.17) is 0 Å². The van der Waals surface area contributed by atoms with Crippen LogP contribution >= 0.6 is 0 Å². The third-order valence-corrected chi connectivity index (χ3v) is 1.41. The summed E-state index contributed by atoms with van der Waals surface area (Å²) in [7, 11) is 0. The molecular weight excluding hydrogens is 142 g/mol. The lowest BCUT2D eigenvalue weighted by Gasteiger charge is -2.04. The summed E-state index contributed by atoms with van der Waals surface area (Å²) < 4.78 is 0. The van der Waals surface area contributed by atoms with E-state index in [9.17, 15) is 9.90 Å². The summed E-state index contributed by atoms with van der Waals surface area (Å²) >= 11 is 0. The summed E-state index contributed by atoms with van der Waals surface area (Å²) in [5, 5.41) is 9.26. The van der Waals surface area contributed by atoms with Crippen molar-refractivity contribution in [3.05, 3.63) is 30.1 Å². The number of aromatic nitrogens is 1.